The predicted octanol–water partition coefficient (Wildman–Crippen LogP) is 4.89. The van der Waals surface area contributed by atoms with Gasteiger partial charge in [0.15, 0.2) is 14.1 Å². The molecule has 2 bridgehead atoms. The second-order valence-corrected chi connectivity index (χ2v) is 17.7. The molecule has 3 fully saturated rings. The molecular weight excluding hydrogens is 410 g/mol. The van der Waals surface area contributed by atoms with Gasteiger partial charge >= 0.3 is 0 Å². The first-order chi connectivity index (χ1) is 14.1. The number of aliphatic hydroxyl groups excluding tert-OH is 1. The van der Waals surface area contributed by atoms with Gasteiger partial charge in [-0.05, 0) is 61.6 Å². The largest absolute Gasteiger partial charge is 0.413 e. The molecule has 0 amide bonds. The highest BCUT2D eigenvalue weighted by Gasteiger charge is 2.78. The van der Waals surface area contributed by atoms with Gasteiger partial charge in [0.25, 0.3) is 0 Å². The van der Waals surface area contributed by atoms with Crippen LogP contribution >= 0.6 is 0 Å². The van der Waals surface area contributed by atoms with Crippen molar-refractivity contribution in [3.63, 3.8) is 0 Å². The molecular formula is C24H39NO5Si. The van der Waals surface area contributed by atoms with E-state index < -0.39 is 31.3 Å². The fraction of sp³-hybridized carbons (Fsp3) is 0.875. The lowest BCUT2D eigenvalue weighted by Crippen LogP contribution is -2.66. The zero-order valence-corrected chi connectivity index (χ0v) is 21.2. The van der Waals surface area contributed by atoms with Crippen molar-refractivity contribution in [1.29, 1.82) is 0 Å². The fourth-order valence-corrected chi connectivity index (χ4v) is 8.60. The van der Waals surface area contributed by atoms with Crippen LogP contribution in [0.1, 0.15) is 73.1 Å². The van der Waals surface area contributed by atoms with Crippen LogP contribution in [0.25, 0.3) is 0 Å². The van der Waals surface area contributed by atoms with Crippen molar-refractivity contribution in [2.24, 2.45) is 22.2 Å². The maximum absolute atomic E-state index is 13.5. The Morgan fingerprint density at radius 3 is 2.45 bits per heavy atom. The van der Waals surface area contributed by atoms with Gasteiger partial charge in [0, 0.05) is 22.3 Å². The van der Waals surface area contributed by atoms with E-state index in [2.05, 4.69) is 47.7 Å². The molecule has 1 N–H and O–H groups in total. The normalized spacial score (nSPS) is 41.9. The molecule has 0 aromatic rings. The van der Waals surface area contributed by atoms with Crippen molar-refractivity contribution >= 4 is 14.1 Å². The number of ketones is 1. The Balaban J connectivity index is 1.94. The van der Waals surface area contributed by atoms with Gasteiger partial charge in [-0.3, -0.25) is 14.9 Å². The Hall–Kier alpha value is -1.05. The summed E-state index contributed by atoms with van der Waals surface area (Å²) >= 11 is 0. The topological polar surface area (TPSA) is 89.7 Å². The average molecular weight is 450 g/mol. The molecule has 0 radical (unpaired) electrons. The van der Waals surface area contributed by atoms with E-state index in [0.717, 1.165) is 19.3 Å². The van der Waals surface area contributed by atoms with Gasteiger partial charge in [0.1, 0.15) is 6.10 Å². The van der Waals surface area contributed by atoms with E-state index >= 15 is 0 Å². The Morgan fingerprint density at radius 1 is 1.23 bits per heavy atom. The number of rotatable bonds is 3. The van der Waals surface area contributed by atoms with Crippen molar-refractivity contribution in [1.82, 2.24) is 0 Å². The lowest BCUT2D eigenvalue weighted by molar-refractivity contribution is -0.554. The van der Waals surface area contributed by atoms with Gasteiger partial charge in [-0.25, -0.2) is 0 Å². The molecule has 7 heteroatoms. The van der Waals surface area contributed by atoms with Gasteiger partial charge < -0.3 is 9.53 Å². The lowest BCUT2D eigenvalue weighted by Gasteiger charge is -2.61. The van der Waals surface area contributed by atoms with Gasteiger partial charge in [-0.2, -0.15) is 0 Å². The van der Waals surface area contributed by atoms with Crippen molar-refractivity contribution in [3.8, 4) is 0 Å². The molecule has 2 spiro atoms. The van der Waals surface area contributed by atoms with Crippen LogP contribution < -0.4 is 0 Å². The van der Waals surface area contributed by atoms with Crippen molar-refractivity contribution < 1.29 is 19.3 Å². The van der Waals surface area contributed by atoms with Gasteiger partial charge in [-0.1, -0.05) is 40.7 Å². The molecule has 3 saturated carbocycles. The highest BCUT2D eigenvalue weighted by molar-refractivity contribution is 6.74. The molecule has 0 saturated heterocycles. The van der Waals surface area contributed by atoms with E-state index in [1.807, 2.05) is 6.08 Å². The smallest absolute Gasteiger partial charge is 0.224 e. The number of nitrogens with zero attached hydrogens (tertiary/aromatic N) is 1. The third-order valence-corrected chi connectivity index (χ3v) is 14.1. The SMILES string of the molecule is CC1(C)CC[C@H](O[Si](C)(C)C(C)(C)C)[C@@]2(C1)[C@H](O)C(=O)C1=C[C@H]3CC[C@]12[C@H]([N+](=O)[O-])C3. The van der Waals surface area contributed by atoms with Crippen molar-refractivity contribution in [3.05, 3.63) is 21.8 Å². The maximum atomic E-state index is 13.5. The number of nitro groups is 1. The van der Waals surface area contributed by atoms with Crippen LogP contribution in [-0.2, 0) is 9.22 Å². The maximum Gasteiger partial charge on any atom is 0.224 e. The number of aliphatic hydroxyl groups is 1. The van der Waals surface area contributed by atoms with E-state index in [4.69, 9.17) is 4.43 Å². The molecule has 6 nitrogen and oxygen atoms in total. The monoisotopic (exact) mass is 449 g/mol. The lowest BCUT2D eigenvalue weighted by atomic mass is 9.44. The molecule has 31 heavy (non-hydrogen) atoms. The highest BCUT2D eigenvalue weighted by atomic mass is 28.4. The Labute approximate surface area is 187 Å². The predicted molar refractivity (Wildman–Crippen MR) is 122 cm³/mol. The summed E-state index contributed by atoms with van der Waals surface area (Å²) in [5, 5.41) is 24.0. The van der Waals surface area contributed by atoms with E-state index in [9.17, 15) is 20.0 Å². The van der Waals surface area contributed by atoms with Gasteiger partial charge in [-0.15, -0.1) is 0 Å². The van der Waals surface area contributed by atoms with Crippen LogP contribution in [0.2, 0.25) is 18.1 Å². The summed E-state index contributed by atoms with van der Waals surface area (Å²) in [4.78, 5) is 25.7. The Bertz CT molecular complexity index is 843. The number of Topliss-reactive ketones (excluding diaryl/α,β-unsaturated/α-hetero) is 1. The first-order valence-corrected chi connectivity index (χ1v) is 14.8. The van der Waals surface area contributed by atoms with Gasteiger partial charge in [0.05, 0.1) is 11.5 Å². The molecule has 6 atom stereocenters. The molecule has 0 aromatic carbocycles. The minimum atomic E-state index is -2.23. The average Bonchev–Trinajstić information content (AvgIpc) is 2.83. The number of allylic oxidation sites excluding steroid dienone is 1. The molecule has 0 heterocycles. The Kier molecular flexibility index (Phi) is 5.02. The molecule has 174 valence electrons. The fourth-order valence-electron chi connectivity index (χ4n) is 7.21. The van der Waals surface area contributed by atoms with Crippen LogP contribution in [0, 0.1) is 32.3 Å². The van der Waals surface area contributed by atoms with Crippen LogP contribution in [0.3, 0.4) is 0 Å². The van der Waals surface area contributed by atoms with E-state index in [0.29, 0.717) is 24.8 Å². The quantitative estimate of drug-likeness (QED) is 0.376. The van der Waals surface area contributed by atoms with Crippen LogP contribution in [0.4, 0.5) is 0 Å². The molecule has 5 aliphatic carbocycles. The van der Waals surface area contributed by atoms with Crippen molar-refractivity contribution in [2.45, 2.75) is 110 Å². The molecule has 0 aromatic heterocycles. The summed E-state index contributed by atoms with van der Waals surface area (Å²) in [6.07, 6.45) is 4.56. The third-order valence-electron chi connectivity index (χ3n) is 9.65. The minimum Gasteiger partial charge on any atom is -0.413 e. The summed E-state index contributed by atoms with van der Waals surface area (Å²) in [5.74, 6) is -0.215. The summed E-state index contributed by atoms with van der Waals surface area (Å²) < 4.78 is 6.99. The third kappa shape index (κ3) is 2.98. The first-order valence-electron chi connectivity index (χ1n) is 11.8. The summed E-state index contributed by atoms with van der Waals surface area (Å²) in [7, 11) is -2.23. The number of carbonyl (C=O) groups is 1. The van der Waals surface area contributed by atoms with Crippen molar-refractivity contribution in [2.75, 3.05) is 0 Å². The zero-order chi connectivity index (χ0) is 23.2. The number of carbonyl (C=O) groups excluding carboxylic acids is 1. The summed E-state index contributed by atoms with van der Waals surface area (Å²) in [6, 6.07) is -0.827. The summed E-state index contributed by atoms with van der Waals surface area (Å²) in [5.41, 5.74) is -1.43. The molecule has 0 aliphatic heterocycles. The van der Waals surface area contributed by atoms with E-state index in [-0.39, 0.29) is 33.2 Å². The molecule has 5 aliphatic rings. The zero-order valence-electron chi connectivity index (χ0n) is 20.2. The van der Waals surface area contributed by atoms with E-state index in [1.165, 1.54) is 0 Å². The van der Waals surface area contributed by atoms with Gasteiger partial charge in [0.2, 0.25) is 6.04 Å². The Morgan fingerprint density at radius 2 is 1.87 bits per heavy atom. The summed E-state index contributed by atoms with van der Waals surface area (Å²) in [6.45, 7) is 15.3. The number of hydrogen-bond donors (Lipinski definition) is 1. The van der Waals surface area contributed by atoms with Crippen LogP contribution in [0.5, 0.6) is 0 Å². The second-order valence-electron chi connectivity index (χ2n) is 12.9. The van der Waals surface area contributed by atoms with Crippen LogP contribution in [-0.4, -0.2) is 42.4 Å². The number of fused-ring (bicyclic) bond motifs is 2. The molecule has 5 rings (SSSR count). The minimum absolute atomic E-state index is 0.0300. The molecule has 0 unspecified atom stereocenters. The van der Waals surface area contributed by atoms with Crippen LogP contribution in [0.15, 0.2) is 11.6 Å². The number of hydrogen-bond acceptors (Lipinski definition) is 5. The van der Waals surface area contributed by atoms with E-state index in [1.54, 1.807) is 0 Å². The standard InChI is InChI=1S/C24H39NO5Si/c1-21(2,3)31(6,7)30-18-9-10-22(4,5)14-24(18)20(27)19(26)16-12-15-8-11-23(16,24)17(13-15)25(28)29/h12,15,17-18,20,27H,8-11,13-14H2,1-7H3/t15-,17-,18+,20-,23-,24+/m1/s1. The first kappa shape index (κ1) is 23.1. The second kappa shape index (κ2) is 6.73. The highest BCUT2D eigenvalue weighted by Crippen LogP contribution is 2.72.